The van der Waals surface area contributed by atoms with Crippen molar-refractivity contribution in [3.05, 3.63) is 0 Å². The molecule has 0 spiro atoms. The van der Waals surface area contributed by atoms with Crippen molar-refractivity contribution in [2.24, 2.45) is 0 Å². The van der Waals surface area contributed by atoms with Crippen molar-refractivity contribution >= 4 is 27.7 Å². The number of nitrogens with one attached hydrogen (secondary N) is 1. The Balaban J connectivity index is 2.27. The number of ether oxygens (including phenoxy) is 1. The standard InChI is InChI=1S/C12H21BrN2O3/c1-10(14-11(16)4-2-3-5-13)12(17)15-6-8-18-9-7-15/h10H,2-9H2,1H3,(H,14,16). The number of rotatable bonds is 6. The van der Waals surface area contributed by atoms with Crippen LogP contribution in [0.4, 0.5) is 0 Å². The van der Waals surface area contributed by atoms with Crippen molar-refractivity contribution in [1.82, 2.24) is 10.2 Å². The zero-order valence-electron chi connectivity index (χ0n) is 10.8. The smallest absolute Gasteiger partial charge is 0.245 e. The van der Waals surface area contributed by atoms with Crippen LogP contribution in [0.3, 0.4) is 0 Å². The van der Waals surface area contributed by atoms with Crippen LogP contribution in [0.5, 0.6) is 0 Å². The van der Waals surface area contributed by atoms with Crippen molar-refractivity contribution in [2.75, 3.05) is 31.6 Å². The SMILES string of the molecule is CC(NC(=O)CCCCBr)C(=O)N1CCOCC1. The van der Waals surface area contributed by atoms with Gasteiger partial charge >= 0.3 is 0 Å². The minimum absolute atomic E-state index is 0.0212. The summed E-state index contributed by atoms with van der Waals surface area (Å²) in [5, 5.41) is 3.65. The number of halogens is 1. The molecular weight excluding hydrogens is 300 g/mol. The Morgan fingerprint density at radius 2 is 2.00 bits per heavy atom. The number of morpholine rings is 1. The maximum atomic E-state index is 12.0. The fraction of sp³-hybridized carbons (Fsp3) is 0.833. The lowest BCUT2D eigenvalue weighted by atomic mass is 10.2. The molecule has 0 aliphatic carbocycles. The summed E-state index contributed by atoms with van der Waals surface area (Å²) < 4.78 is 5.19. The second-order valence-electron chi connectivity index (χ2n) is 4.37. The van der Waals surface area contributed by atoms with E-state index in [2.05, 4.69) is 21.2 Å². The molecule has 0 saturated carbocycles. The number of unbranched alkanes of at least 4 members (excludes halogenated alkanes) is 1. The number of hydrogen-bond donors (Lipinski definition) is 1. The predicted molar refractivity (Wildman–Crippen MR) is 72.6 cm³/mol. The summed E-state index contributed by atoms with van der Waals surface area (Å²) in [5.41, 5.74) is 0. The zero-order chi connectivity index (χ0) is 13.4. The normalized spacial score (nSPS) is 17.3. The molecule has 1 unspecified atom stereocenters. The van der Waals surface area contributed by atoms with Crippen LogP contribution in [0.1, 0.15) is 26.2 Å². The Bertz CT molecular complexity index is 280. The van der Waals surface area contributed by atoms with Gasteiger partial charge in [-0.2, -0.15) is 0 Å². The summed E-state index contributed by atoms with van der Waals surface area (Å²) in [7, 11) is 0. The molecule has 1 saturated heterocycles. The van der Waals surface area contributed by atoms with Crippen molar-refractivity contribution in [3.8, 4) is 0 Å². The second-order valence-corrected chi connectivity index (χ2v) is 5.17. The van der Waals surface area contributed by atoms with Crippen molar-refractivity contribution in [1.29, 1.82) is 0 Å². The third-order valence-electron chi connectivity index (χ3n) is 2.86. The van der Waals surface area contributed by atoms with Gasteiger partial charge in [0.25, 0.3) is 0 Å². The number of amides is 2. The van der Waals surface area contributed by atoms with Crippen LogP contribution in [-0.2, 0) is 14.3 Å². The van der Waals surface area contributed by atoms with Gasteiger partial charge in [-0.05, 0) is 19.8 Å². The van der Waals surface area contributed by atoms with E-state index in [4.69, 9.17) is 4.74 Å². The molecule has 0 bridgehead atoms. The lowest BCUT2D eigenvalue weighted by molar-refractivity contribution is -0.139. The Labute approximate surface area is 116 Å². The highest BCUT2D eigenvalue weighted by atomic mass is 79.9. The van der Waals surface area contributed by atoms with Gasteiger partial charge in [-0.1, -0.05) is 15.9 Å². The van der Waals surface area contributed by atoms with E-state index in [-0.39, 0.29) is 11.8 Å². The Hall–Kier alpha value is -0.620. The van der Waals surface area contributed by atoms with E-state index >= 15 is 0 Å². The van der Waals surface area contributed by atoms with Gasteiger partial charge in [-0.3, -0.25) is 9.59 Å². The fourth-order valence-corrected chi connectivity index (χ4v) is 2.21. The first-order chi connectivity index (χ1) is 8.65. The highest BCUT2D eigenvalue weighted by Gasteiger charge is 2.23. The number of hydrogen-bond acceptors (Lipinski definition) is 3. The summed E-state index contributed by atoms with van der Waals surface area (Å²) in [6, 6.07) is -0.445. The Morgan fingerprint density at radius 1 is 1.33 bits per heavy atom. The third-order valence-corrected chi connectivity index (χ3v) is 3.42. The molecule has 5 nitrogen and oxygen atoms in total. The molecule has 1 heterocycles. The van der Waals surface area contributed by atoms with Crippen molar-refractivity contribution in [3.63, 3.8) is 0 Å². The molecular formula is C12H21BrN2O3. The molecule has 0 aromatic carbocycles. The molecule has 2 amide bonds. The van der Waals surface area contributed by atoms with Gasteiger partial charge < -0.3 is 15.0 Å². The molecule has 1 fully saturated rings. The van der Waals surface area contributed by atoms with Gasteiger partial charge in [0, 0.05) is 24.8 Å². The largest absolute Gasteiger partial charge is 0.378 e. The van der Waals surface area contributed by atoms with E-state index in [1.807, 2.05) is 0 Å². The maximum absolute atomic E-state index is 12.0. The number of carbonyl (C=O) groups excluding carboxylic acids is 2. The minimum Gasteiger partial charge on any atom is -0.378 e. The van der Waals surface area contributed by atoms with E-state index in [0.717, 1.165) is 18.2 Å². The van der Waals surface area contributed by atoms with Crippen LogP contribution in [-0.4, -0.2) is 54.4 Å². The quantitative estimate of drug-likeness (QED) is 0.584. The fourth-order valence-electron chi connectivity index (χ4n) is 1.81. The van der Waals surface area contributed by atoms with Crippen molar-refractivity contribution in [2.45, 2.75) is 32.2 Å². The molecule has 1 rings (SSSR count). The Kier molecular flexibility index (Phi) is 7.27. The summed E-state index contributed by atoms with van der Waals surface area (Å²) >= 11 is 3.32. The van der Waals surface area contributed by atoms with Crippen LogP contribution >= 0.6 is 15.9 Å². The van der Waals surface area contributed by atoms with Gasteiger partial charge in [0.15, 0.2) is 0 Å². The van der Waals surface area contributed by atoms with Crippen LogP contribution in [0, 0.1) is 0 Å². The molecule has 1 N–H and O–H groups in total. The topological polar surface area (TPSA) is 58.6 Å². The van der Waals surface area contributed by atoms with Gasteiger partial charge in [0.05, 0.1) is 13.2 Å². The predicted octanol–water partition coefficient (Wildman–Crippen LogP) is 0.915. The molecule has 1 atom stereocenters. The minimum atomic E-state index is -0.445. The Morgan fingerprint density at radius 3 is 2.61 bits per heavy atom. The molecule has 0 radical (unpaired) electrons. The van der Waals surface area contributed by atoms with Crippen molar-refractivity contribution < 1.29 is 14.3 Å². The van der Waals surface area contributed by atoms with E-state index in [0.29, 0.717) is 32.7 Å². The first-order valence-electron chi connectivity index (χ1n) is 6.37. The lowest BCUT2D eigenvalue weighted by Gasteiger charge is -2.29. The van der Waals surface area contributed by atoms with E-state index < -0.39 is 6.04 Å². The second kappa shape index (κ2) is 8.48. The molecule has 1 aliphatic rings. The van der Waals surface area contributed by atoms with Gasteiger partial charge in [-0.25, -0.2) is 0 Å². The molecule has 104 valence electrons. The molecule has 1 aliphatic heterocycles. The van der Waals surface area contributed by atoms with E-state index in [9.17, 15) is 9.59 Å². The molecule has 6 heteroatoms. The van der Waals surface area contributed by atoms with Gasteiger partial charge in [0.1, 0.15) is 6.04 Å². The highest BCUT2D eigenvalue weighted by molar-refractivity contribution is 9.09. The van der Waals surface area contributed by atoms with Crippen LogP contribution in [0.25, 0.3) is 0 Å². The number of carbonyl (C=O) groups is 2. The summed E-state index contributed by atoms with van der Waals surface area (Å²) in [6.07, 6.45) is 2.29. The van der Waals surface area contributed by atoms with E-state index in [1.165, 1.54) is 0 Å². The first kappa shape index (κ1) is 15.4. The summed E-state index contributed by atoms with van der Waals surface area (Å²) in [6.45, 7) is 4.13. The van der Waals surface area contributed by atoms with Gasteiger partial charge in [0.2, 0.25) is 11.8 Å². The average Bonchev–Trinajstić information content (AvgIpc) is 2.39. The summed E-state index contributed by atoms with van der Waals surface area (Å²) in [4.78, 5) is 25.3. The maximum Gasteiger partial charge on any atom is 0.245 e. The first-order valence-corrected chi connectivity index (χ1v) is 7.49. The number of nitrogens with zero attached hydrogens (tertiary/aromatic N) is 1. The van der Waals surface area contributed by atoms with E-state index in [1.54, 1.807) is 11.8 Å². The summed E-state index contributed by atoms with van der Waals surface area (Å²) in [5.74, 6) is -0.0720. The van der Waals surface area contributed by atoms with Crippen LogP contribution in [0.2, 0.25) is 0 Å². The lowest BCUT2D eigenvalue weighted by Crippen LogP contribution is -2.50. The van der Waals surface area contributed by atoms with Crippen LogP contribution in [0.15, 0.2) is 0 Å². The molecule has 18 heavy (non-hydrogen) atoms. The zero-order valence-corrected chi connectivity index (χ0v) is 12.4. The molecule has 0 aromatic heterocycles. The third kappa shape index (κ3) is 5.35. The number of alkyl halides is 1. The van der Waals surface area contributed by atoms with Gasteiger partial charge in [-0.15, -0.1) is 0 Å². The highest BCUT2D eigenvalue weighted by Crippen LogP contribution is 2.02. The van der Waals surface area contributed by atoms with Crippen LogP contribution < -0.4 is 5.32 Å². The monoisotopic (exact) mass is 320 g/mol. The molecule has 0 aromatic rings. The average molecular weight is 321 g/mol.